The van der Waals surface area contributed by atoms with Crippen molar-refractivity contribution in [2.45, 2.75) is 51.5 Å². The van der Waals surface area contributed by atoms with Gasteiger partial charge in [0.05, 0.1) is 19.0 Å². The Morgan fingerprint density at radius 1 is 1.03 bits per heavy atom. The largest absolute Gasteiger partial charge is 0.855 e. The van der Waals surface area contributed by atoms with E-state index in [1.54, 1.807) is 52.1 Å². The van der Waals surface area contributed by atoms with Gasteiger partial charge in [0.1, 0.15) is 24.8 Å². The number of amides is 1. The van der Waals surface area contributed by atoms with Crippen LogP contribution in [0, 0.1) is 0 Å². The summed E-state index contributed by atoms with van der Waals surface area (Å²) in [7, 11) is 1.79. The molecule has 0 spiro atoms. The van der Waals surface area contributed by atoms with Crippen LogP contribution in [0.25, 0.3) is 0 Å². The molecule has 1 unspecified atom stereocenters. The molecule has 0 bridgehead atoms. The van der Waals surface area contributed by atoms with Crippen molar-refractivity contribution in [2.24, 2.45) is 5.10 Å². The number of aliphatic hydroxyl groups excluding tert-OH is 1. The molecule has 4 N–H and O–H groups in total. The van der Waals surface area contributed by atoms with E-state index in [1.807, 2.05) is 60.7 Å². The van der Waals surface area contributed by atoms with E-state index in [2.05, 4.69) is 10.4 Å². The minimum Gasteiger partial charge on any atom is -0.855 e. The van der Waals surface area contributed by atoms with Gasteiger partial charge in [-0.1, -0.05) is 77.9 Å². The highest BCUT2D eigenvalue weighted by Crippen LogP contribution is 2.19. The van der Waals surface area contributed by atoms with Crippen molar-refractivity contribution in [3.63, 3.8) is 0 Å². The number of hydrogen-bond acceptors (Lipinski definition) is 6. The SMILES string of the molecule is CC(C)(C)OC(=O)N[C@@H](Cc1ccccc1)[C@@H](O)C[N+](C)(Cc1ccccc1)/N=C(\[O-])c1cccc(N)c1. The van der Waals surface area contributed by atoms with Crippen LogP contribution in [0.1, 0.15) is 37.5 Å². The van der Waals surface area contributed by atoms with Crippen molar-refractivity contribution in [1.82, 2.24) is 5.32 Å². The fourth-order valence-electron chi connectivity index (χ4n) is 4.21. The predicted molar refractivity (Wildman–Crippen MR) is 148 cm³/mol. The maximum atomic E-state index is 13.2. The van der Waals surface area contributed by atoms with Gasteiger partial charge in [0.25, 0.3) is 0 Å². The number of nitrogens with two attached hydrogens (primary N) is 1. The van der Waals surface area contributed by atoms with E-state index in [1.165, 1.54) is 0 Å². The first-order chi connectivity index (χ1) is 17.9. The fraction of sp³-hybridized carbons (Fsp3) is 0.333. The Kier molecular flexibility index (Phi) is 9.50. The summed E-state index contributed by atoms with van der Waals surface area (Å²) in [4.78, 5) is 12.7. The molecule has 0 aliphatic rings. The average Bonchev–Trinajstić information content (AvgIpc) is 2.83. The zero-order valence-corrected chi connectivity index (χ0v) is 22.5. The second-order valence-electron chi connectivity index (χ2n) is 10.7. The summed E-state index contributed by atoms with van der Waals surface area (Å²) in [6.07, 6.45) is -1.30. The molecule has 0 saturated heterocycles. The molecule has 0 heterocycles. The van der Waals surface area contributed by atoms with Crippen LogP contribution in [0.5, 0.6) is 0 Å². The van der Waals surface area contributed by atoms with E-state index in [0.717, 1.165) is 11.1 Å². The Balaban J connectivity index is 1.92. The van der Waals surface area contributed by atoms with Gasteiger partial charge in [-0.05, 0) is 50.5 Å². The molecule has 3 rings (SSSR count). The van der Waals surface area contributed by atoms with E-state index in [9.17, 15) is 15.0 Å². The smallest absolute Gasteiger partial charge is 0.407 e. The molecule has 38 heavy (non-hydrogen) atoms. The molecule has 1 amide bonds. The minimum absolute atomic E-state index is 0.0657. The van der Waals surface area contributed by atoms with E-state index in [4.69, 9.17) is 10.5 Å². The highest BCUT2D eigenvalue weighted by Gasteiger charge is 2.33. The maximum Gasteiger partial charge on any atom is 0.407 e. The molecule has 0 radical (unpaired) electrons. The average molecular weight is 519 g/mol. The third-order valence-electron chi connectivity index (χ3n) is 5.88. The Labute approximate surface area is 225 Å². The second-order valence-corrected chi connectivity index (χ2v) is 10.7. The highest BCUT2D eigenvalue weighted by molar-refractivity contribution is 5.91. The number of carbonyl (C=O) groups is 1. The number of rotatable bonds is 10. The number of anilines is 1. The van der Waals surface area contributed by atoms with E-state index in [0.29, 0.717) is 24.2 Å². The number of benzene rings is 3. The number of aliphatic hydroxyl groups is 1. The van der Waals surface area contributed by atoms with E-state index in [-0.39, 0.29) is 11.1 Å². The van der Waals surface area contributed by atoms with Gasteiger partial charge >= 0.3 is 6.09 Å². The number of carbonyl (C=O) groups excluding carboxylic acids is 1. The molecular formula is C30H38N4O4. The van der Waals surface area contributed by atoms with Crippen molar-refractivity contribution in [3.05, 3.63) is 102 Å². The Morgan fingerprint density at radius 3 is 2.21 bits per heavy atom. The van der Waals surface area contributed by atoms with Crippen molar-refractivity contribution in [1.29, 1.82) is 0 Å². The molecule has 3 aromatic rings. The predicted octanol–water partition coefficient (Wildman–Crippen LogP) is 3.43. The molecular weight excluding hydrogens is 480 g/mol. The van der Waals surface area contributed by atoms with Crippen LogP contribution < -0.4 is 16.2 Å². The van der Waals surface area contributed by atoms with Crippen LogP contribution in [0.2, 0.25) is 0 Å². The van der Waals surface area contributed by atoms with Crippen LogP contribution in [0.4, 0.5) is 10.5 Å². The number of nitrogen functional groups attached to an aromatic ring is 1. The van der Waals surface area contributed by atoms with Crippen LogP contribution in [0.15, 0.2) is 90.0 Å². The van der Waals surface area contributed by atoms with Gasteiger partial charge in [-0.15, -0.1) is 0 Å². The normalized spacial score (nSPS) is 15.2. The first-order valence-corrected chi connectivity index (χ1v) is 12.7. The molecule has 8 nitrogen and oxygen atoms in total. The number of hydrogen-bond donors (Lipinski definition) is 3. The third kappa shape index (κ3) is 9.21. The van der Waals surface area contributed by atoms with Crippen LogP contribution in [-0.2, 0) is 17.7 Å². The molecule has 3 aromatic carbocycles. The molecule has 0 saturated carbocycles. The lowest BCUT2D eigenvalue weighted by molar-refractivity contribution is -0.933. The quantitative estimate of drug-likeness (QED) is 0.125. The summed E-state index contributed by atoms with van der Waals surface area (Å²) >= 11 is 0. The summed E-state index contributed by atoms with van der Waals surface area (Å²) in [5.74, 6) is -0.442. The number of ether oxygens (including phenoxy) is 1. The van der Waals surface area contributed by atoms with Gasteiger partial charge in [-0.25, -0.2) is 4.79 Å². The van der Waals surface area contributed by atoms with Gasteiger partial charge in [-0.3, -0.25) is 0 Å². The second kappa shape index (κ2) is 12.6. The molecule has 8 heteroatoms. The van der Waals surface area contributed by atoms with Gasteiger partial charge in [-0.2, -0.15) is 4.59 Å². The number of nitrogens with one attached hydrogen (secondary N) is 1. The lowest BCUT2D eigenvalue weighted by atomic mass is 10.0. The summed E-state index contributed by atoms with van der Waals surface area (Å²) in [6.45, 7) is 5.77. The zero-order valence-electron chi connectivity index (χ0n) is 22.5. The topological polar surface area (TPSA) is 120 Å². The first-order valence-electron chi connectivity index (χ1n) is 12.7. The third-order valence-corrected chi connectivity index (χ3v) is 5.88. The maximum absolute atomic E-state index is 13.2. The zero-order chi connectivity index (χ0) is 27.8. The highest BCUT2D eigenvalue weighted by atomic mass is 16.6. The first kappa shape index (κ1) is 28.7. The van der Waals surface area contributed by atoms with Gasteiger partial charge in [0.15, 0.2) is 0 Å². The van der Waals surface area contributed by atoms with Gasteiger partial charge in [0.2, 0.25) is 0 Å². The fourth-order valence-corrected chi connectivity index (χ4v) is 4.21. The summed E-state index contributed by atoms with van der Waals surface area (Å²) in [5, 5.41) is 32.0. The molecule has 0 aromatic heterocycles. The van der Waals surface area contributed by atoms with Gasteiger partial charge < -0.3 is 26.0 Å². The summed E-state index contributed by atoms with van der Waals surface area (Å²) in [6, 6.07) is 25.2. The van der Waals surface area contributed by atoms with Crippen LogP contribution >= 0.6 is 0 Å². The number of quaternary nitrogens is 1. The molecule has 0 aliphatic heterocycles. The number of likely N-dealkylation sites (N-methyl/N-ethyl adjacent to an activating group) is 1. The standard InChI is InChI=1S/C30H38N4O4/c1-30(2,3)38-29(37)32-26(18-22-12-7-5-8-13-22)27(35)21-34(4,20-23-14-9-6-10-15-23)33-28(36)24-16-11-17-25(31)19-24/h5-17,19,26-27,35H,18,20-21,31H2,1-4H3,(H-,32,33,36,37)/t26-,27-,34?/m0/s1. The minimum atomic E-state index is -1.05. The lowest BCUT2D eigenvalue weighted by Crippen LogP contribution is -2.54. The number of nitrogens with zero attached hydrogens (tertiary/aromatic N) is 2. The van der Waals surface area contributed by atoms with Crippen LogP contribution in [-0.4, -0.2) is 53.0 Å². The van der Waals surface area contributed by atoms with Crippen molar-refractivity contribution >= 4 is 17.7 Å². The van der Waals surface area contributed by atoms with Crippen molar-refractivity contribution in [2.75, 3.05) is 19.3 Å². The molecule has 202 valence electrons. The lowest BCUT2D eigenvalue weighted by Gasteiger charge is -2.34. The Bertz CT molecular complexity index is 1210. The molecule has 0 fully saturated rings. The van der Waals surface area contributed by atoms with Crippen LogP contribution in [0.3, 0.4) is 0 Å². The van der Waals surface area contributed by atoms with Crippen molar-refractivity contribution < 1.29 is 24.3 Å². The van der Waals surface area contributed by atoms with E-state index >= 15 is 0 Å². The van der Waals surface area contributed by atoms with Gasteiger partial charge in [0, 0.05) is 11.3 Å². The summed E-state index contributed by atoms with van der Waals surface area (Å²) < 4.78 is 5.32. The molecule has 0 aliphatic carbocycles. The molecule has 3 atom stereocenters. The van der Waals surface area contributed by atoms with E-state index < -0.39 is 29.7 Å². The number of alkyl carbamates (subject to hydrolysis) is 1. The summed E-state index contributed by atoms with van der Waals surface area (Å²) in [5.41, 5.74) is 7.91. The Hall–Kier alpha value is -3.88. The Morgan fingerprint density at radius 2 is 1.63 bits per heavy atom. The monoisotopic (exact) mass is 518 g/mol. The van der Waals surface area contributed by atoms with Crippen molar-refractivity contribution in [3.8, 4) is 0 Å².